The summed E-state index contributed by atoms with van der Waals surface area (Å²) in [6, 6.07) is 16.4. The van der Waals surface area contributed by atoms with Crippen molar-refractivity contribution in [3.05, 3.63) is 71.8 Å². The van der Waals surface area contributed by atoms with Crippen LogP contribution in [0.4, 0.5) is 0 Å². The fraction of sp³-hybridized carbons (Fsp3) is 0. The highest BCUT2D eigenvalue weighted by Gasteiger charge is 2.23. The SMILES string of the molecule is N=C(C(=N)C(=O)c1ccccc1)C(=O)c1ccccc1. The largest absolute Gasteiger partial charge is 0.295 e. The van der Waals surface area contributed by atoms with Crippen LogP contribution in [0, 0.1) is 10.8 Å². The van der Waals surface area contributed by atoms with Crippen LogP contribution in [0.2, 0.25) is 0 Å². The van der Waals surface area contributed by atoms with Crippen LogP contribution in [-0.2, 0) is 0 Å². The highest BCUT2D eigenvalue weighted by Crippen LogP contribution is 2.06. The lowest BCUT2D eigenvalue weighted by Gasteiger charge is -2.04. The second kappa shape index (κ2) is 5.84. The van der Waals surface area contributed by atoms with Gasteiger partial charge in [-0.05, 0) is 0 Å². The molecule has 0 atom stereocenters. The predicted octanol–water partition coefficient (Wildman–Crippen LogP) is 2.79. The minimum Gasteiger partial charge on any atom is -0.295 e. The van der Waals surface area contributed by atoms with Gasteiger partial charge in [-0.2, -0.15) is 0 Å². The summed E-state index contributed by atoms with van der Waals surface area (Å²) < 4.78 is 0. The van der Waals surface area contributed by atoms with Gasteiger partial charge in [-0.15, -0.1) is 0 Å². The molecule has 2 aromatic carbocycles. The molecule has 20 heavy (non-hydrogen) atoms. The number of hydrogen-bond acceptors (Lipinski definition) is 4. The zero-order chi connectivity index (χ0) is 14.5. The molecule has 4 nitrogen and oxygen atoms in total. The molecule has 0 unspecified atom stereocenters. The second-order valence-corrected chi connectivity index (χ2v) is 4.14. The molecule has 4 heteroatoms. The molecule has 0 saturated heterocycles. The van der Waals surface area contributed by atoms with Crippen molar-refractivity contribution in [2.24, 2.45) is 0 Å². The van der Waals surface area contributed by atoms with Gasteiger partial charge in [0.05, 0.1) is 0 Å². The van der Waals surface area contributed by atoms with Gasteiger partial charge in [0.1, 0.15) is 11.4 Å². The van der Waals surface area contributed by atoms with Crippen LogP contribution in [0.15, 0.2) is 60.7 Å². The second-order valence-electron chi connectivity index (χ2n) is 4.14. The molecular formula is C16H12N2O2. The van der Waals surface area contributed by atoms with Gasteiger partial charge in [-0.1, -0.05) is 60.7 Å². The first-order valence-electron chi connectivity index (χ1n) is 5.98. The molecule has 0 amide bonds. The predicted molar refractivity (Wildman–Crippen MR) is 77.0 cm³/mol. The average molecular weight is 264 g/mol. The summed E-state index contributed by atoms with van der Waals surface area (Å²) >= 11 is 0. The summed E-state index contributed by atoms with van der Waals surface area (Å²) in [7, 11) is 0. The highest BCUT2D eigenvalue weighted by atomic mass is 16.1. The Kier molecular flexibility index (Phi) is 3.96. The van der Waals surface area contributed by atoms with E-state index in [4.69, 9.17) is 10.8 Å². The van der Waals surface area contributed by atoms with Crippen molar-refractivity contribution < 1.29 is 9.59 Å². The number of rotatable bonds is 5. The van der Waals surface area contributed by atoms with E-state index in [1.165, 1.54) is 0 Å². The Balaban J connectivity index is 2.20. The Morgan fingerprint density at radius 3 is 1.20 bits per heavy atom. The molecule has 2 N–H and O–H groups in total. The van der Waals surface area contributed by atoms with Gasteiger partial charge in [0.25, 0.3) is 0 Å². The minimum absolute atomic E-state index is 0.295. The number of ketones is 2. The van der Waals surface area contributed by atoms with Gasteiger partial charge in [-0.3, -0.25) is 20.4 Å². The standard InChI is InChI=1S/C16H12N2O2/c17-13(15(19)11-7-3-1-4-8-11)14(18)16(20)12-9-5-2-6-10-12/h1-10,17-18H. The number of nitrogens with one attached hydrogen (secondary N) is 2. The Morgan fingerprint density at radius 1 is 0.600 bits per heavy atom. The Morgan fingerprint density at radius 2 is 0.900 bits per heavy atom. The summed E-state index contributed by atoms with van der Waals surface area (Å²) in [6.07, 6.45) is 0. The van der Waals surface area contributed by atoms with Crippen LogP contribution in [-0.4, -0.2) is 23.0 Å². The van der Waals surface area contributed by atoms with Crippen LogP contribution >= 0.6 is 0 Å². The molecule has 0 fully saturated rings. The van der Waals surface area contributed by atoms with Crippen LogP contribution in [0.25, 0.3) is 0 Å². The van der Waals surface area contributed by atoms with Crippen molar-refractivity contribution >= 4 is 23.0 Å². The van der Waals surface area contributed by atoms with E-state index in [0.29, 0.717) is 11.1 Å². The van der Waals surface area contributed by atoms with Crippen molar-refractivity contribution in [1.82, 2.24) is 0 Å². The Bertz CT molecular complexity index is 615. The van der Waals surface area contributed by atoms with E-state index >= 15 is 0 Å². The van der Waals surface area contributed by atoms with Gasteiger partial charge in [0, 0.05) is 11.1 Å². The third kappa shape index (κ3) is 2.75. The number of hydrogen-bond donors (Lipinski definition) is 2. The first kappa shape index (κ1) is 13.5. The molecule has 98 valence electrons. The van der Waals surface area contributed by atoms with Crippen LogP contribution in [0.5, 0.6) is 0 Å². The molecule has 0 aliphatic heterocycles. The third-order valence-electron chi connectivity index (χ3n) is 2.78. The first-order valence-corrected chi connectivity index (χ1v) is 5.98. The van der Waals surface area contributed by atoms with Crippen molar-refractivity contribution in [2.75, 3.05) is 0 Å². The highest BCUT2D eigenvalue weighted by molar-refractivity contribution is 6.83. The molecule has 0 heterocycles. The van der Waals surface area contributed by atoms with Gasteiger partial charge in [0.2, 0.25) is 11.6 Å². The van der Waals surface area contributed by atoms with E-state index in [9.17, 15) is 9.59 Å². The Hall–Kier alpha value is -2.88. The maximum Gasteiger partial charge on any atom is 0.212 e. The number of carbonyl (C=O) groups is 2. The van der Waals surface area contributed by atoms with E-state index in [2.05, 4.69) is 0 Å². The van der Waals surface area contributed by atoms with Crippen LogP contribution < -0.4 is 0 Å². The smallest absolute Gasteiger partial charge is 0.212 e. The zero-order valence-electron chi connectivity index (χ0n) is 10.6. The van der Waals surface area contributed by atoms with E-state index in [-0.39, 0.29) is 0 Å². The Labute approximate surface area is 116 Å². The summed E-state index contributed by atoms with van der Waals surface area (Å²) in [6.45, 7) is 0. The van der Waals surface area contributed by atoms with Gasteiger partial charge in [0.15, 0.2) is 0 Å². The fourth-order valence-corrected chi connectivity index (χ4v) is 1.69. The summed E-state index contributed by atoms with van der Waals surface area (Å²) in [5, 5.41) is 15.4. The molecule has 0 spiro atoms. The molecule has 0 radical (unpaired) electrons. The van der Waals surface area contributed by atoms with E-state index in [1.807, 2.05) is 0 Å². The molecule has 0 bridgehead atoms. The number of carbonyl (C=O) groups excluding carboxylic acids is 2. The molecule has 0 saturated carbocycles. The van der Waals surface area contributed by atoms with Gasteiger partial charge in [-0.25, -0.2) is 0 Å². The monoisotopic (exact) mass is 264 g/mol. The summed E-state index contributed by atoms with van der Waals surface area (Å²) in [5.74, 6) is -1.25. The lowest BCUT2D eigenvalue weighted by molar-refractivity contribution is 0.104. The lowest BCUT2D eigenvalue weighted by Crippen LogP contribution is -2.29. The molecule has 2 aromatic rings. The molecule has 0 aliphatic rings. The maximum absolute atomic E-state index is 12.0. The summed E-state index contributed by atoms with van der Waals surface area (Å²) in [5.41, 5.74) is -0.596. The first-order chi connectivity index (χ1) is 9.61. The minimum atomic E-state index is -0.625. The molecular weight excluding hydrogens is 252 g/mol. The quantitative estimate of drug-likeness (QED) is 0.643. The third-order valence-corrected chi connectivity index (χ3v) is 2.78. The van der Waals surface area contributed by atoms with Gasteiger partial charge < -0.3 is 0 Å². The molecule has 0 aliphatic carbocycles. The van der Waals surface area contributed by atoms with E-state index in [0.717, 1.165) is 0 Å². The van der Waals surface area contributed by atoms with Gasteiger partial charge >= 0.3 is 0 Å². The number of Topliss-reactive ketones (excluding diaryl/α,β-unsaturated/α-hetero) is 2. The van der Waals surface area contributed by atoms with Crippen molar-refractivity contribution in [3.63, 3.8) is 0 Å². The maximum atomic E-state index is 12.0. The van der Waals surface area contributed by atoms with E-state index < -0.39 is 23.0 Å². The topological polar surface area (TPSA) is 81.8 Å². The fourth-order valence-electron chi connectivity index (χ4n) is 1.69. The number of benzene rings is 2. The molecule has 2 rings (SSSR count). The lowest BCUT2D eigenvalue weighted by atomic mass is 9.98. The van der Waals surface area contributed by atoms with E-state index in [1.54, 1.807) is 60.7 Å². The summed E-state index contributed by atoms with van der Waals surface area (Å²) in [4.78, 5) is 24.0. The normalized spacial score (nSPS) is 9.80. The average Bonchev–Trinajstić information content (AvgIpc) is 2.53. The van der Waals surface area contributed by atoms with Crippen LogP contribution in [0.1, 0.15) is 20.7 Å². The zero-order valence-corrected chi connectivity index (χ0v) is 10.6. The van der Waals surface area contributed by atoms with Crippen molar-refractivity contribution in [2.45, 2.75) is 0 Å². The van der Waals surface area contributed by atoms with Crippen molar-refractivity contribution in [3.8, 4) is 0 Å². The van der Waals surface area contributed by atoms with Crippen LogP contribution in [0.3, 0.4) is 0 Å². The molecule has 0 aromatic heterocycles. The van der Waals surface area contributed by atoms with Crippen molar-refractivity contribution in [1.29, 1.82) is 10.8 Å².